The number of aliphatic hydroxyl groups is 1. The van der Waals surface area contributed by atoms with E-state index >= 15 is 0 Å². The summed E-state index contributed by atoms with van der Waals surface area (Å²) in [5, 5.41) is 17.6. The van der Waals surface area contributed by atoms with E-state index in [0.717, 1.165) is 0 Å². The van der Waals surface area contributed by atoms with E-state index in [1.54, 1.807) is 0 Å². The molecule has 2 nitrogen and oxygen atoms in total. The maximum Gasteiger partial charge on any atom is 1.00 e. The molecule has 32 valence electrons. The van der Waals surface area contributed by atoms with Crippen LogP contribution in [0.4, 0.5) is 0 Å². The molecule has 0 aromatic heterocycles. The van der Waals surface area contributed by atoms with Crippen LogP contribution >= 0.6 is 0 Å². The third-order valence-corrected chi connectivity index (χ3v) is 0. The van der Waals surface area contributed by atoms with Crippen molar-refractivity contribution in [2.24, 2.45) is 0 Å². The van der Waals surface area contributed by atoms with E-state index in [0.29, 0.717) is 0 Å². The van der Waals surface area contributed by atoms with Crippen LogP contribution in [0, 0.1) is 0 Å². The van der Waals surface area contributed by atoms with E-state index in [-0.39, 0.29) is 29.6 Å². The molecule has 0 aromatic carbocycles. The minimum Gasteiger partial charge on any atom is -0.829 e. The Morgan fingerprint density at radius 3 is 1.50 bits per heavy atom. The molecule has 6 heavy (non-hydrogen) atoms. The fourth-order valence-corrected chi connectivity index (χ4v) is 0. The molecule has 0 aliphatic rings. The zero-order valence-electron chi connectivity index (χ0n) is 4.36. The molecule has 0 aromatic rings. The van der Waals surface area contributed by atoms with Gasteiger partial charge in [-0.3, -0.25) is 0 Å². The van der Waals surface area contributed by atoms with Gasteiger partial charge in [0, 0.05) is 0 Å². The van der Waals surface area contributed by atoms with Gasteiger partial charge in [0.05, 0.1) is 0 Å². The second kappa shape index (κ2) is 2.99. The Morgan fingerprint density at radius 2 is 1.50 bits per heavy atom. The summed E-state index contributed by atoms with van der Waals surface area (Å²) in [6.07, 6.45) is 0. The Kier molecular flexibility index (Phi) is 5.00. The Labute approximate surface area is 59.5 Å². The molecular formula is C3H7NaO2. The summed E-state index contributed by atoms with van der Waals surface area (Å²) in [4.78, 5) is 0. The smallest absolute Gasteiger partial charge is 0.829 e. The van der Waals surface area contributed by atoms with Crippen molar-refractivity contribution < 1.29 is 39.8 Å². The molecule has 0 spiro atoms. The molecule has 0 unspecified atom stereocenters. The Bertz CT molecular complexity index is 24.3. The molecule has 0 rings (SSSR count). The van der Waals surface area contributed by atoms with Gasteiger partial charge in [-0.2, -0.15) is 0 Å². The molecule has 0 aliphatic carbocycles. The molecular weight excluding hydrogens is 91.0 g/mol. The van der Waals surface area contributed by atoms with Crippen molar-refractivity contribution in [1.29, 1.82) is 0 Å². The fourth-order valence-electron chi connectivity index (χ4n) is 0. The Hall–Kier alpha value is 0.920. The molecule has 0 atom stereocenters. The summed E-state index contributed by atoms with van der Waals surface area (Å²) in [6.45, 7) is 2.38. The van der Waals surface area contributed by atoms with Crippen LogP contribution in [0.3, 0.4) is 0 Å². The van der Waals surface area contributed by atoms with E-state index in [1.165, 1.54) is 13.8 Å². The largest absolute Gasteiger partial charge is 1.00 e. The predicted octanol–water partition coefficient (Wildman–Crippen LogP) is -3.92. The van der Waals surface area contributed by atoms with Gasteiger partial charge in [0.1, 0.15) is 0 Å². The van der Waals surface area contributed by atoms with Crippen molar-refractivity contribution in [1.82, 2.24) is 0 Å². The van der Waals surface area contributed by atoms with Crippen molar-refractivity contribution >= 4 is 0 Å². The molecule has 0 fully saturated rings. The topological polar surface area (TPSA) is 43.3 Å². The van der Waals surface area contributed by atoms with E-state index in [1.807, 2.05) is 0 Å². The maximum absolute atomic E-state index is 9.66. The molecule has 0 saturated carbocycles. The molecule has 0 radical (unpaired) electrons. The minimum atomic E-state index is -1.75. The van der Waals surface area contributed by atoms with E-state index < -0.39 is 5.79 Å². The zero-order chi connectivity index (χ0) is 4.50. The number of rotatable bonds is 0. The van der Waals surface area contributed by atoms with Crippen molar-refractivity contribution in [3.63, 3.8) is 0 Å². The Morgan fingerprint density at radius 1 is 1.50 bits per heavy atom. The van der Waals surface area contributed by atoms with Crippen molar-refractivity contribution in [3.8, 4) is 0 Å². The Balaban J connectivity index is 0. The average Bonchev–Trinajstić information content (AvgIpc) is 0.722. The second-order valence-corrected chi connectivity index (χ2v) is 1.45. The van der Waals surface area contributed by atoms with Crippen molar-refractivity contribution in [2.75, 3.05) is 0 Å². The molecule has 0 amide bonds. The molecule has 0 aliphatic heterocycles. The van der Waals surface area contributed by atoms with Crippen LogP contribution in [0.25, 0.3) is 0 Å². The van der Waals surface area contributed by atoms with Crippen LogP contribution in [0.5, 0.6) is 0 Å². The molecule has 0 bridgehead atoms. The van der Waals surface area contributed by atoms with Gasteiger partial charge < -0.3 is 10.2 Å². The third-order valence-electron chi connectivity index (χ3n) is 0. The fraction of sp³-hybridized carbons (Fsp3) is 1.00. The first-order valence-corrected chi connectivity index (χ1v) is 1.43. The first-order chi connectivity index (χ1) is 2.00. The standard InChI is InChI=1S/C3H7O2.Na/c1-3(2,4)5;/h4H,1-2H3;/q-1;+1. The second-order valence-electron chi connectivity index (χ2n) is 1.45. The monoisotopic (exact) mass is 98.0 g/mol. The van der Waals surface area contributed by atoms with Gasteiger partial charge in [-0.25, -0.2) is 0 Å². The minimum absolute atomic E-state index is 0. The van der Waals surface area contributed by atoms with E-state index in [4.69, 9.17) is 5.11 Å². The molecule has 0 saturated heterocycles. The van der Waals surface area contributed by atoms with Crippen molar-refractivity contribution in [2.45, 2.75) is 19.6 Å². The first-order valence-electron chi connectivity index (χ1n) is 1.43. The van der Waals surface area contributed by atoms with Crippen LogP contribution in [-0.4, -0.2) is 10.9 Å². The predicted molar refractivity (Wildman–Crippen MR) is 16.3 cm³/mol. The van der Waals surface area contributed by atoms with Crippen LogP contribution < -0.4 is 34.7 Å². The maximum atomic E-state index is 9.66. The third kappa shape index (κ3) is 89.3. The summed E-state index contributed by atoms with van der Waals surface area (Å²) in [5.74, 6) is -1.75. The zero-order valence-corrected chi connectivity index (χ0v) is 6.36. The van der Waals surface area contributed by atoms with Gasteiger partial charge in [-0.05, 0) is 5.79 Å². The summed E-state index contributed by atoms with van der Waals surface area (Å²) in [6, 6.07) is 0. The van der Waals surface area contributed by atoms with Crippen LogP contribution in [0.15, 0.2) is 0 Å². The normalized spacial score (nSPS) is 10.0. The van der Waals surface area contributed by atoms with Crippen LogP contribution in [0.1, 0.15) is 13.8 Å². The van der Waals surface area contributed by atoms with E-state index in [2.05, 4.69) is 0 Å². The molecule has 0 heterocycles. The first kappa shape index (κ1) is 10.0. The van der Waals surface area contributed by atoms with E-state index in [9.17, 15) is 5.11 Å². The van der Waals surface area contributed by atoms with Gasteiger partial charge >= 0.3 is 29.6 Å². The van der Waals surface area contributed by atoms with Gasteiger partial charge in [0.15, 0.2) is 0 Å². The van der Waals surface area contributed by atoms with Gasteiger partial charge in [-0.15, -0.1) is 0 Å². The van der Waals surface area contributed by atoms with Crippen LogP contribution in [-0.2, 0) is 0 Å². The average molecular weight is 98.1 g/mol. The van der Waals surface area contributed by atoms with Gasteiger partial charge in [-0.1, -0.05) is 13.8 Å². The van der Waals surface area contributed by atoms with Crippen LogP contribution in [0.2, 0.25) is 0 Å². The summed E-state index contributed by atoms with van der Waals surface area (Å²) >= 11 is 0. The SMILES string of the molecule is CC(C)([O-])O.[Na+]. The summed E-state index contributed by atoms with van der Waals surface area (Å²) in [7, 11) is 0. The number of hydrogen-bond acceptors (Lipinski definition) is 2. The summed E-state index contributed by atoms with van der Waals surface area (Å²) in [5.41, 5.74) is 0. The van der Waals surface area contributed by atoms with Gasteiger partial charge in [0.2, 0.25) is 0 Å². The van der Waals surface area contributed by atoms with Crippen molar-refractivity contribution in [3.05, 3.63) is 0 Å². The molecule has 1 N–H and O–H groups in total. The number of hydrogen-bond donors (Lipinski definition) is 1. The molecule has 3 heteroatoms. The van der Waals surface area contributed by atoms with Gasteiger partial charge in [0.25, 0.3) is 0 Å². The summed E-state index contributed by atoms with van der Waals surface area (Å²) < 4.78 is 0. The quantitative estimate of drug-likeness (QED) is 0.248.